The van der Waals surface area contributed by atoms with Gasteiger partial charge in [-0.05, 0) is 109 Å². The summed E-state index contributed by atoms with van der Waals surface area (Å²) in [6.45, 7) is 4.83. The number of phosphoric ester groups is 2. The average Bonchev–Trinajstić information content (AvgIpc) is 2.26. The molecule has 0 aromatic heterocycles. The number of unbranched alkanes of at least 4 members (excludes halogenated alkanes) is 38. The number of phosphoric acid groups is 2. The summed E-state index contributed by atoms with van der Waals surface area (Å²) >= 11 is 0. The number of hydrogen-bond donors (Lipinski definition) is 3. The Morgan fingerprint density at radius 1 is 0.298 bits per heavy atom. The molecule has 2 unspecified atom stereocenters. The zero-order chi connectivity index (χ0) is 69.0. The Balaban J connectivity index is 5.33. The molecule has 0 saturated carbocycles. The van der Waals surface area contributed by atoms with Gasteiger partial charge in [0.25, 0.3) is 0 Å². The lowest BCUT2D eigenvalue weighted by Crippen LogP contribution is -2.30. The Morgan fingerprint density at radius 2 is 0.521 bits per heavy atom. The third-order valence-electron chi connectivity index (χ3n) is 16.3. The number of carbonyl (C=O) groups excluding carboxylic acids is 4. The SMILES string of the molecule is CCCCC/C=C\C/C=C\CCCCCCCC(=O)O[C@H](COC(=O)CCCCCCC/C=C\CCCCCC)COP(=O)(O)OC[C@H](O)COP(=O)(O)OC[C@@H](COC(=O)CCCCCCCCCCCCCCC)OC(=O)CCCCCCC/C=C\CCCCCC. The van der Waals surface area contributed by atoms with Crippen molar-refractivity contribution >= 4 is 39.5 Å². The van der Waals surface area contributed by atoms with Crippen LogP contribution in [0.3, 0.4) is 0 Å². The fourth-order valence-electron chi connectivity index (χ4n) is 10.4. The molecule has 5 atom stereocenters. The van der Waals surface area contributed by atoms with Crippen molar-refractivity contribution in [3.63, 3.8) is 0 Å². The first kappa shape index (κ1) is 91.0. The summed E-state index contributed by atoms with van der Waals surface area (Å²) in [5.41, 5.74) is 0. The van der Waals surface area contributed by atoms with Gasteiger partial charge in [-0.2, -0.15) is 0 Å². The van der Waals surface area contributed by atoms with E-state index in [1.165, 1.54) is 128 Å². The summed E-state index contributed by atoms with van der Waals surface area (Å²) in [5.74, 6) is -2.18. The Morgan fingerprint density at radius 3 is 0.830 bits per heavy atom. The minimum atomic E-state index is -4.97. The highest BCUT2D eigenvalue weighted by Crippen LogP contribution is 2.45. The van der Waals surface area contributed by atoms with Crippen LogP contribution in [-0.2, 0) is 65.4 Å². The highest BCUT2D eigenvalue weighted by Gasteiger charge is 2.30. The lowest BCUT2D eigenvalue weighted by Gasteiger charge is -2.21. The molecule has 0 aromatic carbocycles. The van der Waals surface area contributed by atoms with Gasteiger partial charge in [0.05, 0.1) is 26.4 Å². The molecule has 0 radical (unpaired) electrons. The van der Waals surface area contributed by atoms with Gasteiger partial charge in [-0.1, -0.05) is 263 Å². The number of hydrogen-bond acceptors (Lipinski definition) is 15. The smallest absolute Gasteiger partial charge is 0.462 e. The van der Waals surface area contributed by atoms with E-state index in [0.717, 1.165) is 141 Å². The van der Waals surface area contributed by atoms with Crippen molar-refractivity contribution < 1.29 is 80.2 Å². The molecule has 94 heavy (non-hydrogen) atoms. The largest absolute Gasteiger partial charge is 0.472 e. The van der Waals surface area contributed by atoms with Crippen LogP contribution in [0.5, 0.6) is 0 Å². The molecular formula is C75H138O17P2. The van der Waals surface area contributed by atoms with Crippen molar-refractivity contribution in [1.29, 1.82) is 0 Å². The number of ether oxygens (including phenoxy) is 4. The monoisotopic (exact) mass is 1370 g/mol. The van der Waals surface area contributed by atoms with Crippen LogP contribution in [0.1, 0.15) is 349 Å². The van der Waals surface area contributed by atoms with E-state index in [-0.39, 0.29) is 25.7 Å². The number of rotatable bonds is 72. The van der Waals surface area contributed by atoms with Gasteiger partial charge in [0.1, 0.15) is 19.3 Å². The van der Waals surface area contributed by atoms with E-state index in [1.807, 2.05) is 0 Å². The molecule has 0 spiro atoms. The zero-order valence-corrected chi connectivity index (χ0v) is 61.7. The maximum atomic E-state index is 13.1. The van der Waals surface area contributed by atoms with Gasteiger partial charge in [0.2, 0.25) is 0 Å². The highest BCUT2D eigenvalue weighted by atomic mass is 31.2. The first-order valence-electron chi connectivity index (χ1n) is 37.9. The Labute approximate surface area is 572 Å². The quantitative estimate of drug-likeness (QED) is 0.0169. The second-order valence-corrected chi connectivity index (χ2v) is 28.5. The summed E-state index contributed by atoms with van der Waals surface area (Å²) in [7, 11) is -9.93. The molecule has 0 aliphatic heterocycles. The molecule has 3 N–H and O–H groups in total. The van der Waals surface area contributed by atoms with E-state index in [1.54, 1.807) is 0 Å². The van der Waals surface area contributed by atoms with Gasteiger partial charge >= 0.3 is 39.5 Å². The molecule has 0 bridgehead atoms. The Hall–Kier alpha value is -2.98. The Bertz CT molecular complexity index is 1980. The van der Waals surface area contributed by atoms with Crippen molar-refractivity contribution in [2.75, 3.05) is 39.6 Å². The summed E-state index contributed by atoms with van der Waals surface area (Å²) in [6.07, 6.45) is 63.8. The van der Waals surface area contributed by atoms with E-state index in [0.29, 0.717) is 25.7 Å². The van der Waals surface area contributed by atoms with Crippen LogP contribution in [0.4, 0.5) is 0 Å². The summed E-state index contributed by atoms with van der Waals surface area (Å²) in [4.78, 5) is 72.7. The molecule has 0 aromatic rings. The number of carbonyl (C=O) groups is 4. The minimum absolute atomic E-state index is 0.0819. The molecule has 0 saturated heterocycles. The molecule has 0 aliphatic rings. The van der Waals surface area contributed by atoms with E-state index < -0.39 is 97.5 Å². The molecule has 0 heterocycles. The van der Waals surface area contributed by atoms with Crippen molar-refractivity contribution in [1.82, 2.24) is 0 Å². The first-order valence-corrected chi connectivity index (χ1v) is 40.9. The summed E-state index contributed by atoms with van der Waals surface area (Å²) in [6, 6.07) is 0. The average molecular weight is 1370 g/mol. The van der Waals surface area contributed by atoms with E-state index >= 15 is 0 Å². The van der Waals surface area contributed by atoms with Gasteiger partial charge in [0.15, 0.2) is 12.2 Å². The maximum Gasteiger partial charge on any atom is 0.472 e. The Kier molecular flexibility index (Phi) is 66.4. The second-order valence-electron chi connectivity index (χ2n) is 25.6. The zero-order valence-electron chi connectivity index (χ0n) is 59.9. The third kappa shape index (κ3) is 67.6. The number of allylic oxidation sites excluding steroid dienone is 8. The maximum absolute atomic E-state index is 13.1. The predicted molar refractivity (Wildman–Crippen MR) is 381 cm³/mol. The van der Waals surface area contributed by atoms with Gasteiger partial charge in [-0.25, -0.2) is 9.13 Å². The normalized spacial score (nSPS) is 14.2. The lowest BCUT2D eigenvalue weighted by molar-refractivity contribution is -0.161. The van der Waals surface area contributed by atoms with E-state index in [9.17, 15) is 43.2 Å². The van der Waals surface area contributed by atoms with Crippen molar-refractivity contribution in [2.24, 2.45) is 0 Å². The molecule has 550 valence electrons. The predicted octanol–water partition coefficient (Wildman–Crippen LogP) is 21.3. The number of aliphatic hydroxyl groups excluding tert-OH is 1. The van der Waals surface area contributed by atoms with Crippen LogP contribution in [-0.4, -0.2) is 96.7 Å². The van der Waals surface area contributed by atoms with Crippen LogP contribution in [0, 0.1) is 0 Å². The van der Waals surface area contributed by atoms with Crippen molar-refractivity contribution in [3.05, 3.63) is 48.6 Å². The van der Waals surface area contributed by atoms with E-state index in [2.05, 4.69) is 76.3 Å². The number of esters is 4. The molecule has 19 heteroatoms. The van der Waals surface area contributed by atoms with Crippen LogP contribution in [0.25, 0.3) is 0 Å². The molecule has 0 aliphatic carbocycles. The van der Waals surface area contributed by atoms with Crippen LogP contribution in [0.15, 0.2) is 48.6 Å². The minimum Gasteiger partial charge on any atom is -0.462 e. The van der Waals surface area contributed by atoms with Gasteiger partial charge in [-0.15, -0.1) is 0 Å². The lowest BCUT2D eigenvalue weighted by atomic mass is 10.0. The van der Waals surface area contributed by atoms with Crippen molar-refractivity contribution in [2.45, 2.75) is 367 Å². The molecular weight excluding hydrogens is 1230 g/mol. The van der Waals surface area contributed by atoms with Gasteiger partial charge < -0.3 is 33.8 Å². The summed E-state index contributed by atoms with van der Waals surface area (Å²) < 4.78 is 68.4. The topological polar surface area (TPSA) is 237 Å². The van der Waals surface area contributed by atoms with Crippen molar-refractivity contribution in [3.8, 4) is 0 Å². The molecule has 0 amide bonds. The molecule has 17 nitrogen and oxygen atoms in total. The fraction of sp³-hybridized carbons (Fsp3) is 0.840. The van der Waals surface area contributed by atoms with Crippen LogP contribution < -0.4 is 0 Å². The number of aliphatic hydroxyl groups is 1. The van der Waals surface area contributed by atoms with Gasteiger partial charge in [0, 0.05) is 25.7 Å². The summed E-state index contributed by atoms with van der Waals surface area (Å²) in [5, 5.41) is 10.6. The second kappa shape index (κ2) is 68.5. The molecule has 0 rings (SSSR count). The van der Waals surface area contributed by atoms with Crippen LogP contribution >= 0.6 is 15.6 Å². The third-order valence-corrected chi connectivity index (χ3v) is 18.2. The standard InChI is InChI=1S/C75H138O17P2/c1-5-9-13-17-21-25-29-33-34-38-42-46-50-54-58-62-75(80)92-71(66-86-73(78)60-56-52-48-44-40-36-31-27-23-19-15-11-7-3)68-90-94(83,84)88-64-69(76)63-87-93(81,82)89-67-70(91-74(79)61-57-53-49-45-41-37-32-28-24-20-16-12-8-4)65-85-72(77)59-55-51-47-43-39-35-30-26-22-18-14-10-6-2/h21,25,27-28,31-34,69-71,76H,5-20,22-24,26,29-30,35-68H2,1-4H3,(H,81,82)(H,83,84)/b25-21-,31-27-,32-28-,34-33-/t69-,70-,71-/m1/s1. The first-order chi connectivity index (χ1) is 45.7. The highest BCUT2D eigenvalue weighted by molar-refractivity contribution is 7.47. The van der Waals surface area contributed by atoms with E-state index in [4.69, 9.17) is 37.0 Å². The van der Waals surface area contributed by atoms with Crippen LogP contribution in [0.2, 0.25) is 0 Å². The fourth-order valence-corrected chi connectivity index (χ4v) is 12.0. The molecule has 0 fully saturated rings. The van der Waals surface area contributed by atoms with Gasteiger partial charge in [-0.3, -0.25) is 37.3 Å².